The van der Waals surface area contributed by atoms with Gasteiger partial charge >= 0.3 is 0 Å². The Morgan fingerprint density at radius 2 is 2.16 bits per heavy atom. The van der Waals surface area contributed by atoms with Crippen LogP contribution in [0.2, 0.25) is 5.02 Å². The van der Waals surface area contributed by atoms with Crippen molar-refractivity contribution >= 4 is 22.6 Å². The van der Waals surface area contributed by atoms with Crippen LogP contribution in [0, 0.1) is 6.92 Å². The molecule has 3 aromatic heterocycles. The first-order valence-corrected chi connectivity index (χ1v) is 10.3. The molecule has 0 radical (unpaired) electrons. The van der Waals surface area contributed by atoms with Crippen LogP contribution in [0.3, 0.4) is 0 Å². The van der Waals surface area contributed by atoms with Crippen molar-refractivity contribution < 1.29 is 4.42 Å². The molecule has 1 aliphatic rings. The van der Waals surface area contributed by atoms with Crippen molar-refractivity contribution in [3.05, 3.63) is 90.9 Å². The summed E-state index contributed by atoms with van der Waals surface area (Å²) in [6.45, 7) is 3.35. The van der Waals surface area contributed by atoms with Gasteiger partial charge in [-0.05, 0) is 36.8 Å². The molecule has 0 saturated heterocycles. The monoisotopic (exact) mass is 434 g/mol. The molecule has 8 heteroatoms. The highest BCUT2D eigenvalue weighted by molar-refractivity contribution is 6.32. The molecule has 1 aliphatic heterocycles. The fourth-order valence-corrected chi connectivity index (χ4v) is 4.06. The summed E-state index contributed by atoms with van der Waals surface area (Å²) in [5.74, 6) is 0.521. The van der Waals surface area contributed by atoms with E-state index in [4.69, 9.17) is 16.0 Å². The van der Waals surface area contributed by atoms with Crippen LogP contribution in [0.25, 0.3) is 22.4 Å². The van der Waals surface area contributed by atoms with Crippen LogP contribution in [0.5, 0.6) is 0 Å². The molecule has 5 rings (SSSR count). The Morgan fingerprint density at radius 3 is 2.97 bits per heavy atom. The average molecular weight is 435 g/mol. The van der Waals surface area contributed by atoms with E-state index in [1.54, 1.807) is 30.6 Å². The topological polar surface area (TPSA) is 92.1 Å². The number of nitrogens with one attached hydrogen (secondary N) is 1. The van der Waals surface area contributed by atoms with Gasteiger partial charge in [0.2, 0.25) is 0 Å². The maximum Gasteiger partial charge on any atom is 0.255 e. The maximum atomic E-state index is 12.9. The van der Waals surface area contributed by atoms with E-state index in [2.05, 4.69) is 19.9 Å². The number of benzene rings is 1. The zero-order valence-electron chi connectivity index (χ0n) is 16.8. The van der Waals surface area contributed by atoms with E-state index in [9.17, 15) is 9.59 Å². The number of aryl methyl sites for hydroxylation is 1. The van der Waals surface area contributed by atoms with Crippen LogP contribution in [-0.4, -0.2) is 26.4 Å². The van der Waals surface area contributed by atoms with Crippen LogP contribution in [-0.2, 0) is 19.5 Å². The highest BCUT2D eigenvalue weighted by Crippen LogP contribution is 2.23. The molecule has 156 valence electrons. The third-order valence-electron chi connectivity index (χ3n) is 5.60. The zero-order chi connectivity index (χ0) is 21.5. The lowest BCUT2D eigenvalue weighted by Gasteiger charge is -2.27. The number of aromatic amines is 1. The number of rotatable bonds is 3. The Kier molecular flexibility index (Phi) is 4.92. The lowest BCUT2D eigenvalue weighted by molar-refractivity contribution is 0.239. The number of aromatic nitrogens is 3. The van der Waals surface area contributed by atoms with Crippen LogP contribution in [0.15, 0.2) is 56.9 Å². The molecular weight excluding hydrogens is 416 g/mol. The van der Waals surface area contributed by atoms with Gasteiger partial charge in [0.05, 0.1) is 22.9 Å². The quantitative estimate of drug-likeness (QED) is 0.531. The predicted molar refractivity (Wildman–Crippen MR) is 118 cm³/mol. The first kappa shape index (κ1) is 19.7. The lowest BCUT2D eigenvalue weighted by Crippen LogP contribution is -2.36. The van der Waals surface area contributed by atoms with Crippen molar-refractivity contribution in [3.8, 4) is 11.4 Å². The van der Waals surface area contributed by atoms with Crippen LogP contribution >= 0.6 is 11.6 Å². The molecular formula is C23H19ClN4O3. The number of H-pyrrole nitrogens is 1. The highest BCUT2D eigenvalue weighted by atomic mass is 35.5. The van der Waals surface area contributed by atoms with Gasteiger partial charge in [-0.1, -0.05) is 11.6 Å². The Balaban J connectivity index is 1.43. The van der Waals surface area contributed by atoms with Gasteiger partial charge in [-0.25, -0.2) is 4.98 Å². The van der Waals surface area contributed by atoms with Crippen LogP contribution in [0.4, 0.5) is 0 Å². The Morgan fingerprint density at radius 1 is 1.29 bits per heavy atom. The average Bonchev–Trinajstić information content (AvgIpc) is 2.78. The molecule has 1 N–H and O–H groups in total. The van der Waals surface area contributed by atoms with Gasteiger partial charge in [0.25, 0.3) is 5.56 Å². The predicted octanol–water partition coefficient (Wildman–Crippen LogP) is 3.46. The Bertz CT molecular complexity index is 1410. The van der Waals surface area contributed by atoms with E-state index in [1.165, 1.54) is 6.26 Å². The molecule has 0 spiro atoms. The van der Waals surface area contributed by atoms with Crippen LogP contribution in [0.1, 0.15) is 22.4 Å². The molecule has 0 bridgehead atoms. The third-order valence-corrected chi connectivity index (χ3v) is 6.01. The molecule has 7 nitrogen and oxygen atoms in total. The highest BCUT2D eigenvalue weighted by Gasteiger charge is 2.23. The van der Waals surface area contributed by atoms with E-state index < -0.39 is 0 Å². The van der Waals surface area contributed by atoms with Gasteiger partial charge in [0.15, 0.2) is 5.43 Å². The van der Waals surface area contributed by atoms with Crippen molar-refractivity contribution in [1.82, 2.24) is 19.9 Å². The minimum absolute atomic E-state index is 0.104. The number of pyridine rings is 1. The smallest absolute Gasteiger partial charge is 0.255 e. The maximum absolute atomic E-state index is 12.9. The first-order valence-electron chi connectivity index (χ1n) is 9.95. The summed E-state index contributed by atoms with van der Waals surface area (Å²) < 4.78 is 5.69. The van der Waals surface area contributed by atoms with Crippen molar-refractivity contribution in [2.75, 3.05) is 6.54 Å². The standard InChI is InChI=1S/C23H19ClN4O3/c1-13-7-20-16(8-18(13)24)21(29)15(12-31-20)10-28-6-4-19-17(11-28)23(30)27-22(26-19)14-3-2-5-25-9-14/h2-3,5,7-9,12H,4,6,10-11H2,1H3,(H,26,27,30). The summed E-state index contributed by atoms with van der Waals surface area (Å²) in [5, 5.41) is 0.997. The number of fused-ring (bicyclic) bond motifs is 2. The number of hydrogen-bond donors (Lipinski definition) is 1. The molecule has 0 amide bonds. The summed E-state index contributed by atoms with van der Waals surface area (Å²) in [6.07, 6.45) is 5.47. The molecule has 1 aromatic carbocycles. The summed E-state index contributed by atoms with van der Waals surface area (Å²) in [4.78, 5) is 39.3. The first-order chi connectivity index (χ1) is 15.0. The second-order valence-electron chi connectivity index (χ2n) is 7.73. The van der Waals surface area contributed by atoms with Gasteiger partial charge in [0.1, 0.15) is 11.4 Å². The van der Waals surface area contributed by atoms with Crippen molar-refractivity contribution in [2.45, 2.75) is 26.4 Å². The second-order valence-corrected chi connectivity index (χ2v) is 8.14. The summed E-state index contributed by atoms with van der Waals surface area (Å²) in [6, 6.07) is 7.09. The third kappa shape index (κ3) is 3.66. The summed E-state index contributed by atoms with van der Waals surface area (Å²) in [7, 11) is 0. The van der Waals surface area contributed by atoms with Gasteiger partial charge in [-0.3, -0.25) is 19.5 Å². The number of halogens is 1. The minimum atomic E-state index is -0.165. The zero-order valence-corrected chi connectivity index (χ0v) is 17.6. The second kappa shape index (κ2) is 7.76. The molecule has 0 aliphatic carbocycles. The number of hydrogen-bond acceptors (Lipinski definition) is 6. The summed E-state index contributed by atoms with van der Waals surface area (Å²) in [5.41, 5.74) is 3.82. The van der Waals surface area contributed by atoms with Gasteiger partial charge in [-0.2, -0.15) is 0 Å². The molecule has 0 saturated carbocycles. The van der Waals surface area contributed by atoms with Crippen molar-refractivity contribution in [1.29, 1.82) is 0 Å². The Hall–Kier alpha value is -3.29. The van der Waals surface area contributed by atoms with E-state index in [-0.39, 0.29) is 11.0 Å². The van der Waals surface area contributed by atoms with Gasteiger partial charge in [0, 0.05) is 54.6 Å². The van der Waals surface area contributed by atoms with Crippen molar-refractivity contribution in [3.63, 3.8) is 0 Å². The van der Waals surface area contributed by atoms with E-state index in [0.717, 1.165) is 16.8 Å². The molecule has 0 fully saturated rings. The molecule has 4 heterocycles. The fraction of sp³-hybridized carbons (Fsp3) is 0.217. The minimum Gasteiger partial charge on any atom is -0.464 e. The summed E-state index contributed by atoms with van der Waals surface area (Å²) >= 11 is 6.19. The van der Waals surface area contributed by atoms with Crippen molar-refractivity contribution in [2.24, 2.45) is 0 Å². The normalized spacial score (nSPS) is 14.0. The largest absolute Gasteiger partial charge is 0.464 e. The van der Waals surface area contributed by atoms with E-state index in [0.29, 0.717) is 59.0 Å². The molecule has 0 unspecified atom stereocenters. The van der Waals surface area contributed by atoms with E-state index >= 15 is 0 Å². The van der Waals surface area contributed by atoms with E-state index in [1.807, 2.05) is 13.0 Å². The molecule has 0 atom stereocenters. The van der Waals surface area contributed by atoms with Gasteiger partial charge in [-0.15, -0.1) is 0 Å². The SMILES string of the molecule is Cc1cc2occ(CN3CCc4nc(-c5cccnc5)[nH]c(=O)c4C3)c(=O)c2cc1Cl. The molecule has 4 aromatic rings. The van der Waals surface area contributed by atoms with Gasteiger partial charge < -0.3 is 9.40 Å². The number of nitrogens with zero attached hydrogens (tertiary/aromatic N) is 3. The Labute approximate surface area is 182 Å². The molecule has 31 heavy (non-hydrogen) atoms. The van der Waals surface area contributed by atoms with Crippen LogP contribution < -0.4 is 11.0 Å². The lowest BCUT2D eigenvalue weighted by atomic mass is 10.1. The fourth-order valence-electron chi connectivity index (χ4n) is 3.90.